The summed E-state index contributed by atoms with van der Waals surface area (Å²) >= 11 is 6.20. The van der Waals surface area contributed by atoms with Gasteiger partial charge in [-0.15, -0.1) is 0 Å². The molecule has 0 aromatic heterocycles. The van der Waals surface area contributed by atoms with Gasteiger partial charge in [-0.1, -0.05) is 11.6 Å². The van der Waals surface area contributed by atoms with E-state index in [-0.39, 0.29) is 34.0 Å². The highest BCUT2D eigenvalue weighted by Gasteiger charge is 2.53. The maximum Gasteiger partial charge on any atom is 0.328 e. The maximum absolute atomic E-state index is 13.7. The number of carboxylic acid groups (broad SMARTS) is 1. The molecule has 1 amide bonds. The molecule has 2 saturated carbocycles. The molecule has 2 aromatic rings. The van der Waals surface area contributed by atoms with Crippen LogP contribution in [0, 0.1) is 29.3 Å². The lowest BCUT2D eigenvalue weighted by Gasteiger charge is -2.39. The van der Waals surface area contributed by atoms with Crippen molar-refractivity contribution in [1.82, 2.24) is 0 Å². The second-order valence-corrected chi connectivity index (χ2v) is 11.6. The summed E-state index contributed by atoms with van der Waals surface area (Å²) in [7, 11) is -4.09. The molecule has 0 aliphatic heterocycles. The molecule has 0 spiro atoms. The summed E-state index contributed by atoms with van der Waals surface area (Å²) in [4.78, 5) is 23.2. The SMILES string of the molecule is O=C(O)/C=C/C1(O)CC2CC[C@@H](C1)C2S(=O)(=O)c1cc(C(=O)Nc2cc(F)c(F)c(F)c2)ccc1Cl. The Morgan fingerprint density at radius 3 is 2.19 bits per heavy atom. The number of sulfone groups is 1. The Morgan fingerprint density at radius 1 is 1.06 bits per heavy atom. The zero-order chi connectivity index (χ0) is 26.4. The van der Waals surface area contributed by atoms with E-state index in [0.29, 0.717) is 25.0 Å². The molecule has 2 aromatic carbocycles. The van der Waals surface area contributed by atoms with Crippen molar-refractivity contribution in [2.75, 3.05) is 5.32 Å². The van der Waals surface area contributed by atoms with Crippen molar-refractivity contribution < 1.29 is 41.4 Å². The first-order valence-electron chi connectivity index (χ1n) is 10.9. The first-order valence-corrected chi connectivity index (χ1v) is 12.9. The summed E-state index contributed by atoms with van der Waals surface area (Å²) in [6.07, 6.45) is 3.15. The molecular weight excluding hydrogens is 523 g/mol. The molecule has 2 aliphatic rings. The van der Waals surface area contributed by atoms with Gasteiger partial charge in [-0.2, -0.15) is 0 Å². The Morgan fingerprint density at radius 2 is 1.64 bits per heavy atom. The number of carbonyl (C=O) groups is 2. The van der Waals surface area contributed by atoms with E-state index in [2.05, 4.69) is 5.32 Å². The molecule has 0 radical (unpaired) electrons. The molecule has 4 atom stereocenters. The number of benzene rings is 2. The fourth-order valence-corrected chi connectivity index (χ4v) is 8.12. The van der Waals surface area contributed by atoms with E-state index in [1.165, 1.54) is 18.2 Å². The Hall–Kier alpha value is -2.89. The monoisotopic (exact) mass is 543 g/mol. The number of aliphatic hydroxyl groups is 1. The number of aliphatic carboxylic acids is 1. The highest BCUT2D eigenvalue weighted by atomic mass is 35.5. The number of fused-ring (bicyclic) bond motifs is 2. The topological polar surface area (TPSA) is 121 Å². The van der Waals surface area contributed by atoms with Crippen LogP contribution >= 0.6 is 11.6 Å². The molecule has 0 saturated heterocycles. The molecule has 7 nitrogen and oxygen atoms in total. The molecular formula is C24H21ClF3NO6S. The van der Waals surface area contributed by atoms with Gasteiger partial charge in [0, 0.05) is 29.5 Å². The molecule has 3 unspecified atom stereocenters. The number of rotatable bonds is 6. The number of hydrogen-bond acceptors (Lipinski definition) is 5. The lowest BCUT2D eigenvalue weighted by Crippen LogP contribution is -2.45. The van der Waals surface area contributed by atoms with Crippen LogP contribution in [-0.4, -0.2) is 41.4 Å². The Kier molecular flexibility index (Phi) is 6.93. The quantitative estimate of drug-likeness (QED) is 0.368. The fourth-order valence-electron chi connectivity index (χ4n) is 5.28. The smallest absolute Gasteiger partial charge is 0.328 e. The summed E-state index contributed by atoms with van der Waals surface area (Å²) in [5.41, 5.74) is -1.97. The summed E-state index contributed by atoms with van der Waals surface area (Å²) in [6, 6.07) is 4.69. The van der Waals surface area contributed by atoms with E-state index in [1.54, 1.807) is 0 Å². The van der Waals surface area contributed by atoms with E-state index in [0.717, 1.165) is 12.1 Å². The summed E-state index contributed by atoms with van der Waals surface area (Å²) in [5.74, 6) is -7.75. The van der Waals surface area contributed by atoms with E-state index in [4.69, 9.17) is 16.7 Å². The molecule has 192 valence electrons. The second-order valence-electron chi connectivity index (χ2n) is 9.14. The van der Waals surface area contributed by atoms with Crippen LogP contribution in [0.4, 0.5) is 18.9 Å². The van der Waals surface area contributed by atoms with Crippen LogP contribution in [0.15, 0.2) is 47.4 Å². The zero-order valence-electron chi connectivity index (χ0n) is 18.5. The highest BCUT2D eigenvalue weighted by Crippen LogP contribution is 2.51. The van der Waals surface area contributed by atoms with Crippen LogP contribution in [0.3, 0.4) is 0 Å². The fraction of sp³-hybridized carbons (Fsp3) is 0.333. The number of anilines is 1. The second kappa shape index (κ2) is 9.53. The predicted molar refractivity (Wildman–Crippen MR) is 124 cm³/mol. The number of nitrogens with one attached hydrogen (secondary N) is 1. The van der Waals surface area contributed by atoms with Gasteiger partial charge in [0.05, 0.1) is 20.8 Å². The third-order valence-corrected chi connectivity index (χ3v) is 9.58. The third-order valence-electron chi connectivity index (χ3n) is 6.70. The van der Waals surface area contributed by atoms with Gasteiger partial charge in [0.1, 0.15) is 0 Å². The summed E-state index contributed by atoms with van der Waals surface area (Å²) < 4.78 is 67.5. The molecule has 2 bridgehead atoms. The number of carbonyl (C=O) groups excluding carboxylic acids is 1. The van der Waals surface area contributed by atoms with Crippen molar-refractivity contribution in [2.45, 2.75) is 41.4 Å². The van der Waals surface area contributed by atoms with Crippen molar-refractivity contribution in [1.29, 1.82) is 0 Å². The maximum atomic E-state index is 13.7. The third kappa shape index (κ3) is 5.00. The first-order chi connectivity index (χ1) is 16.8. The van der Waals surface area contributed by atoms with Crippen LogP contribution in [0.25, 0.3) is 0 Å². The van der Waals surface area contributed by atoms with Crippen LogP contribution in [-0.2, 0) is 14.6 Å². The predicted octanol–water partition coefficient (Wildman–Crippen LogP) is 4.34. The number of hydrogen-bond donors (Lipinski definition) is 3. The van der Waals surface area contributed by atoms with Crippen LogP contribution in [0.2, 0.25) is 5.02 Å². The van der Waals surface area contributed by atoms with Gasteiger partial charge in [-0.05, 0) is 61.8 Å². The molecule has 4 rings (SSSR count). The van der Waals surface area contributed by atoms with Gasteiger partial charge in [0.15, 0.2) is 27.3 Å². The molecule has 0 heterocycles. The highest BCUT2D eigenvalue weighted by molar-refractivity contribution is 7.92. The Balaban J connectivity index is 1.61. The van der Waals surface area contributed by atoms with Crippen LogP contribution in [0.5, 0.6) is 0 Å². The van der Waals surface area contributed by atoms with Gasteiger partial charge < -0.3 is 15.5 Å². The van der Waals surface area contributed by atoms with Crippen molar-refractivity contribution in [3.8, 4) is 0 Å². The number of amides is 1. The van der Waals surface area contributed by atoms with Gasteiger partial charge in [-0.25, -0.2) is 26.4 Å². The minimum Gasteiger partial charge on any atom is -0.478 e. The zero-order valence-corrected chi connectivity index (χ0v) is 20.1. The van der Waals surface area contributed by atoms with Crippen molar-refractivity contribution in [3.05, 3.63) is 70.5 Å². The van der Waals surface area contributed by atoms with Crippen molar-refractivity contribution in [2.24, 2.45) is 11.8 Å². The van der Waals surface area contributed by atoms with E-state index in [9.17, 15) is 36.3 Å². The minimum atomic E-state index is -4.09. The lowest BCUT2D eigenvalue weighted by molar-refractivity contribution is -0.131. The lowest BCUT2D eigenvalue weighted by atomic mass is 9.77. The van der Waals surface area contributed by atoms with Gasteiger partial charge >= 0.3 is 5.97 Å². The normalized spacial score (nSPS) is 25.8. The van der Waals surface area contributed by atoms with Gasteiger partial charge in [0.2, 0.25) is 0 Å². The largest absolute Gasteiger partial charge is 0.478 e. The summed E-state index contributed by atoms with van der Waals surface area (Å²) in [5, 5.41) is 20.9. The van der Waals surface area contributed by atoms with Crippen LogP contribution in [0.1, 0.15) is 36.0 Å². The minimum absolute atomic E-state index is 0.0522. The van der Waals surface area contributed by atoms with Gasteiger partial charge in [0.25, 0.3) is 5.91 Å². The average Bonchev–Trinajstić information content (AvgIpc) is 3.09. The summed E-state index contributed by atoms with van der Waals surface area (Å²) in [6.45, 7) is 0. The first kappa shape index (κ1) is 26.2. The molecule has 12 heteroatoms. The number of carboxylic acids is 1. The Labute approximate surface area is 209 Å². The van der Waals surface area contributed by atoms with Crippen molar-refractivity contribution in [3.63, 3.8) is 0 Å². The van der Waals surface area contributed by atoms with E-state index >= 15 is 0 Å². The molecule has 2 aliphatic carbocycles. The van der Waals surface area contributed by atoms with E-state index < -0.39 is 61.9 Å². The Bertz CT molecular complexity index is 1340. The van der Waals surface area contributed by atoms with Crippen LogP contribution < -0.4 is 5.32 Å². The van der Waals surface area contributed by atoms with E-state index in [1.807, 2.05) is 0 Å². The average molecular weight is 544 g/mol. The molecule has 36 heavy (non-hydrogen) atoms. The standard InChI is InChI=1S/C24H21ClF3NO6S/c25-16-4-3-12(23(32)29-15-8-17(26)21(28)18(27)9-15)7-19(16)36(34,35)22-13-1-2-14(22)11-24(33,10-13)6-5-20(30)31/h3-9,13-14,22,33H,1-2,10-11H2,(H,29,32)(H,30,31)/b6-5+/t13-,14?,22?,24?/m0/s1. The van der Waals surface area contributed by atoms with Gasteiger partial charge in [-0.3, -0.25) is 4.79 Å². The molecule has 2 fully saturated rings. The number of halogens is 4. The molecule has 3 N–H and O–H groups in total. The van der Waals surface area contributed by atoms with Crippen molar-refractivity contribution >= 4 is 39.0 Å².